The van der Waals surface area contributed by atoms with Crippen LogP contribution in [-0.2, 0) is 15.2 Å². The minimum atomic E-state index is -1.89. The molecule has 0 amide bonds. The van der Waals surface area contributed by atoms with Crippen molar-refractivity contribution in [3.63, 3.8) is 0 Å². The van der Waals surface area contributed by atoms with Gasteiger partial charge in [0.15, 0.2) is 0 Å². The van der Waals surface area contributed by atoms with Crippen molar-refractivity contribution in [1.29, 1.82) is 0 Å². The molecule has 0 aliphatic carbocycles. The fraction of sp³-hybridized carbons (Fsp3) is 0.0714. The fourth-order valence-corrected chi connectivity index (χ4v) is 1.85. The van der Waals surface area contributed by atoms with E-state index in [1.807, 2.05) is 0 Å². The molecule has 2 rings (SSSR count). The SMILES string of the molecule is NOC(=O)C(O)(c1ccccc1)c1ccccc1. The predicted octanol–water partition coefficient (Wildman–Crippen LogP) is 1.34. The maximum atomic E-state index is 11.8. The Kier molecular flexibility index (Phi) is 3.41. The van der Waals surface area contributed by atoms with E-state index < -0.39 is 11.6 Å². The number of benzene rings is 2. The largest absolute Gasteiger partial charge is 0.371 e. The molecule has 0 aliphatic rings. The standard InChI is InChI=1S/C14H13NO3/c15-18-13(16)14(17,11-7-3-1-4-8-11)12-9-5-2-6-10-12/h1-10,17H,15H2. The van der Waals surface area contributed by atoms with Crippen LogP contribution in [0.3, 0.4) is 0 Å². The quantitative estimate of drug-likeness (QED) is 0.798. The van der Waals surface area contributed by atoms with Crippen LogP contribution in [0.15, 0.2) is 60.7 Å². The van der Waals surface area contributed by atoms with Crippen LogP contribution in [0.5, 0.6) is 0 Å². The Morgan fingerprint density at radius 3 is 1.67 bits per heavy atom. The number of carbonyl (C=O) groups is 1. The van der Waals surface area contributed by atoms with Crippen molar-refractivity contribution >= 4 is 5.97 Å². The van der Waals surface area contributed by atoms with Gasteiger partial charge in [-0.15, -0.1) is 0 Å². The number of rotatable bonds is 3. The van der Waals surface area contributed by atoms with Crippen molar-refractivity contribution in [2.24, 2.45) is 5.90 Å². The number of hydrogen-bond acceptors (Lipinski definition) is 4. The Balaban J connectivity index is 2.59. The van der Waals surface area contributed by atoms with Crippen LogP contribution in [0.2, 0.25) is 0 Å². The minimum Gasteiger partial charge on any atom is -0.371 e. The van der Waals surface area contributed by atoms with Gasteiger partial charge in [0.1, 0.15) is 0 Å². The average Bonchev–Trinajstić information content (AvgIpc) is 2.47. The third-order valence-electron chi connectivity index (χ3n) is 2.79. The van der Waals surface area contributed by atoms with Crippen LogP contribution < -0.4 is 5.90 Å². The van der Waals surface area contributed by atoms with E-state index in [1.54, 1.807) is 60.7 Å². The highest BCUT2D eigenvalue weighted by Crippen LogP contribution is 2.30. The summed E-state index contributed by atoms with van der Waals surface area (Å²) in [6.45, 7) is 0. The van der Waals surface area contributed by atoms with E-state index in [9.17, 15) is 9.90 Å². The summed E-state index contributed by atoms with van der Waals surface area (Å²) in [5.74, 6) is 4.01. The van der Waals surface area contributed by atoms with E-state index in [0.717, 1.165) is 0 Å². The topological polar surface area (TPSA) is 72.5 Å². The van der Waals surface area contributed by atoms with Crippen molar-refractivity contribution in [2.75, 3.05) is 0 Å². The van der Waals surface area contributed by atoms with Crippen LogP contribution in [0.1, 0.15) is 11.1 Å². The first-order chi connectivity index (χ1) is 8.69. The molecule has 0 bridgehead atoms. The molecule has 0 atom stereocenters. The minimum absolute atomic E-state index is 0.409. The summed E-state index contributed by atoms with van der Waals surface area (Å²) in [4.78, 5) is 16.1. The molecule has 0 saturated heterocycles. The first kappa shape index (κ1) is 12.3. The molecule has 92 valence electrons. The molecule has 0 radical (unpaired) electrons. The molecule has 0 fully saturated rings. The zero-order valence-electron chi connectivity index (χ0n) is 9.61. The van der Waals surface area contributed by atoms with E-state index in [1.165, 1.54) is 0 Å². The molecular formula is C14H13NO3. The molecule has 18 heavy (non-hydrogen) atoms. The van der Waals surface area contributed by atoms with Gasteiger partial charge < -0.3 is 9.94 Å². The highest BCUT2D eigenvalue weighted by atomic mass is 16.7. The van der Waals surface area contributed by atoms with Gasteiger partial charge in [-0.2, -0.15) is 5.90 Å². The van der Waals surface area contributed by atoms with Crippen LogP contribution >= 0.6 is 0 Å². The van der Waals surface area contributed by atoms with Gasteiger partial charge in [-0.1, -0.05) is 60.7 Å². The first-order valence-corrected chi connectivity index (χ1v) is 5.44. The molecule has 0 spiro atoms. The summed E-state index contributed by atoms with van der Waals surface area (Å²) in [5.41, 5.74) is -1.07. The second-order valence-electron chi connectivity index (χ2n) is 3.85. The lowest BCUT2D eigenvalue weighted by atomic mass is 9.86. The zero-order chi connectivity index (χ0) is 13.0. The summed E-state index contributed by atoms with van der Waals surface area (Å²) < 4.78 is 0. The Morgan fingerprint density at radius 1 is 0.944 bits per heavy atom. The maximum absolute atomic E-state index is 11.8. The second kappa shape index (κ2) is 5.00. The number of aliphatic hydroxyl groups is 1. The van der Waals surface area contributed by atoms with Gasteiger partial charge in [-0.05, 0) is 11.1 Å². The lowest BCUT2D eigenvalue weighted by Gasteiger charge is -2.25. The van der Waals surface area contributed by atoms with E-state index >= 15 is 0 Å². The van der Waals surface area contributed by atoms with Gasteiger partial charge in [0, 0.05) is 0 Å². The smallest absolute Gasteiger partial charge is 0.366 e. The third-order valence-corrected chi connectivity index (χ3v) is 2.79. The molecule has 4 nitrogen and oxygen atoms in total. The van der Waals surface area contributed by atoms with E-state index in [0.29, 0.717) is 11.1 Å². The number of hydrogen-bond donors (Lipinski definition) is 2. The normalized spacial score (nSPS) is 11.0. The fourth-order valence-electron chi connectivity index (χ4n) is 1.85. The van der Waals surface area contributed by atoms with Crippen LogP contribution in [0.25, 0.3) is 0 Å². The Bertz CT molecular complexity index is 486. The Labute approximate surface area is 105 Å². The summed E-state index contributed by atoms with van der Waals surface area (Å²) in [7, 11) is 0. The summed E-state index contributed by atoms with van der Waals surface area (Å²) in [5, 5.41) is 10.7. The van der Waals surface area contributed by atoms with Crippen molar-refractivity contribution in [2.45, 2.75) is 5.60 Å². The Hall–Kier alpha value is -2.17. The van der Waals surface area contributed by atoms with Crippen molar-refractivity contribution in [3.8, 4) is 0 Å². The lowest BCUT2D eigenvalue weighted by Crippen LogP contribution is -2.39. The molecule has 4 heteroatoms. The van der Waals surface area contributed by atoms with Gasteiger partial charge in [0.2, 0.25) is 5.60 Å². The van der Waals surface area contributed by atoms with Crippen LogP contribution in [-0.4, -0.2) is 11.1 Å². The monoisotopic (exact) mass is 243 g/mol. The van der Waals surface area contributed by atoms with Gasteiger partial charge in [-0.3, -0.25) is 0 Å². The molecular weight excluding hydrogens is 230 g/mol. The third kappa shape index (κ3) is 1.99. The summed E-state index contributed by atoms with van der Waals surface area (Å²) in [6, 6.07) is 17.1. The van der Waals surface area contributed by atoms with Crippen LogP contribution in [0, 0.1) is 0 Å². The molecule has 2 aromatic carbocycles. The molecule has 0 aliphatic heterocycles. The van der Waals surface area contributed by atoms with E-state index in [-0.39, 0.29) is 0 Å². The molecule has 0 saturated carbocycles. The second-order valence-corrected chi connectivity index (χ2v) is 3.85. The summed E-state index contributed by atoms with van der Waals surface area (Å²) in [6.07, 6.45) is 0. The molecule has 2 aromatic rings. The van der Waals surface area contributed by atoms with Gasteiger partial charge in [0.25, 0.3) is 0 Å². The average molecular weight is 243 g/mol. The maximum Gasteiger partial charge on any atom is 0.366 e. The highest BCUT2D eigenvalue weighted by molar-refractivity contribution is 5.85. The van der Waals surface area contributed by atoms with Gasteiger partial charge >= 0.3 is 5.97 Å². The predicted molar refractivity (Wildman–Crippen MR) is 66.2 cm³/mol. The van der Waals surface area contributed by atoms with E-state index in [2.05, 4.69) is 4.84 Å². The van der Waals surface area contributed by atoms with E-state index in [4.69, 9.17) is 5.90 Å². The summed E-state index contributed by atoms with van der Waals surface area (Å²) >= 11 is 0. The molecule has 0 unspecified atom stereocenters. The Morgan fingerprint density at radius 2 is 1.33 bits per heavy atom. The number of nitrogens with two attached hydrogens (primary N) is 1. The number of carbonyl (C=O) groups excluding carboxylic acids is 1. The van der Waals surface area contributed by atoms with Crippen LogP contribution in [0.4, 0.5) is 0 Å². The molecule has 0 heterocycles. The molecule has 0 aromatic heterocycles. The lowest BCUT2D eigenvalue weighted by molar-refractivity contribution is -0.162. The van der Waals surface area contributed by atoms with Gasteiger partial charge in [0.05, 0.1) is 0 Å². The molecule has 3 N–H and O–H groups in total. The zero-order valence-corrected chi connectivity index (χ0v) is 9.61. The van der Waals surface area contributed by atoms with Crippen molar-refractivity contribution in [1.82, 2.24) is 0 Å². The van der Waals surface area contributed by atoms with Crippen molar-refractivity contribution < 1.29 is 14.7 Å². The first-order valence-electron chi connectivity index (χ1n) is 5.44. The highest BCUT2D eigenvalue weighted by Gasteiger charge is 2.41. The van der Waals surface area contributed by atoms with Gasteiger partial charge in [-0.25, -0.2) is 4.79 Å². The van der Waals surface area contributed by atoms with Crippen molar-refractivity contribution in [3.05, 3.63) is 71.8 Å².